The number of fused-ring (bicyclic) bond motifs is 3. The number of amides is 1. The first kappa shape index (κ1) is 24.4. The summed E-state index contributed by atoms with van der Waals surface area (Å²) in [5.74, 6) is 0.849. The number of ether oxygens (including phenoxy) is 1. The van der Waals surface area contributed by atoms with Gasteiger partial charge in [0.15, 0.2) is 0 Å². The quantitative estimate of drug-likeness (QED) is 0.250. The molecule has 1 aliphatic rings. The molecule has 184 valence electrons. The number of halogens is 1. The molecule has 7 nitrogen and oxygen atoms in total. The van der Waals surface area contributed by atoms with Crippen LogP contribution in [0.25, 0.3) is 10.2 Å². The number of hydrogen-bond donors (Lipinski definition) is 1. The highest BCUT2D eigenvalue weighted by Gasteiger charge is 2.23. The van der Waals surface area contributed by atoms with Crippen molar-refractivity contribution >= 4 is 49.6 Å². The molecule has 0 unspecified atom stereocenters. The van der Waals surface area contributed by atoms with E-state index in [1.165, 1.54) is 22.0 Å². The molecule has 9 heteroatoms. The highest BCUT2D eigenvalue weighted by Crippen LogP contribution is 2.35. The lowest BCUT2D eigenvalue weighted by Gasteiger charge is -2.17. The Hall–Kier alpha value is -3.30. The Bertz CT molecular complexity index is 1500. The summed E-state index contributed by atoms with van der Waals surface area (Å²) in [5, 5.41) is 4.76. The largest absolute Gasteiger partial charge is 0.488 e. The summed E-state index contributed by atoms with van der Waals surface area (Å²) >= 11 is 5.06. The number of thiophene rings is 1. The minimum atomic E-state index is -0.408. The van der Waals surface area contributed by atoms with Crippen molar-refractivity contribution in [2.75, 3.05) is 0 Å². The van der Waals surface area contributed by atoms with Crippen LogP contribution in [0.3, 0.4) is 0 Å². The zero-order chi connectivity index (χ0) is 25.1. The van der Waals surface area contributed by atoms with Crippen molar-refractivity contribution in [3.05, 3.63) is 91.3 Å². The first-order valence-corrected chi connectivity index (χ1v) is 13.4. The Morgan fingerprint density at radius 3 is 2.97 bits per heavy atom. The zero-order valence-corrected chi connectivity index (χ0v) is 22.1. The molecule has 2 heterocycles. The lowest BCUT2D eigenvalue weighted by Crippen LogP contribution is -2.30. The Morgan fingerprint density at radius 1 is 1.31 bits per heavy atom. The van der Waals surface area contributed by atoms with E-state index in [-0.39, 0.29) is 12.1 Å². The average Bonchev–Trinajstić information content (AvgIpc) is 3.24. The summed E-state index contributed by atoms with van der Waals surface area (Å²) in [6.45, 7) is 2.49. The van der Waals surface area contributed by atoms with Crippen molar-refractivity contribution in [3.63, 3.8) is 0 Å². The van der Waals surface area contributed by atoms with E-state index in [1.54, 1.807) is 11.3 Å². The Morgan fingerprint density at radius 2 is 2.14 bits per heavy atom. The molecule has 5 rings (SSSR count). The number of nitrogens with zero attached hydrogens (tertiary/aromatic N) is 3. The van der Waals surface area contributed by atoms with Crippen LogP contribution in [0, 0.1) is 5.92 Å². The molecule has 0 saturated heterocycles. The molecule has 2 aromatic heterocycles. The maximum atomic E-state index is 13.1. The summed E-state index contributed by atoms with van der Waals surface area (Å²) in [6.07, 6.45) is 5.91. The van der Waals surface area contributed by atoms with Gasteiger partial charge in [0, 0.05) is 14.9 Å². The molecular weight excluding hydrogens is 540 g/mol. The number of hydrazone groups is 1. The topological polar surface area (TPSA) is 85.6 Å². The zero-order valence-electron chi connectivity index (χ0n) is 19.7. The molecule has 1 aliphatic carbocycles. The van der Waals surface area contributed by atoms with Crippen LogP contribution in [-0.2, 0) is 30.8 Å². The van der Waals surface area contributed by atoms with Gasteiger partial charge in [0.1, 0.15) is 23.7 Å². The number of aryl methyl sites for hydroxylation is 1. The second-order valence-electron chi connectivity index (χ2n) is 8.96. The highest BCUT2D eigenvalue weighted by atomic mass is 79.9. The van der Waals surface area contributed by atoms with Crippen molar-refractivity contribution in [2.24, 2.45) is 11.0 Å². The molecule has 1 amide bonds. The van der Waals surface area contributed by atoms with E-state index in [4.69, 9.17) is 4.74 Å². The van der Waals surface area contributed by atoms with Crippen LogP contribution < -0.4 is 15.7 Å². The molecule has 0 bridgehead atoms. The molecule has 0 saturated carbocycles. The molecule has 0 fully saturated rings. The van der Waals surface area contributed by atoms with Crippen molar-refractivity contribution in [2.45, 2.75) is 39.3 Å². The van der Waals surface area contributed by atoms with Gasteiger partial charge in [-0.15, -0.1) is 11.3 Å². The summed E-state index contributed by atoms with van der Waals surface area (Å²) < 4.78 is 8.17. The first-order valence-electron chi connectivity index (χ1n) is 11.8. The normalized spacial score (nSPS) is 15.2. The molecular formula is C27H25BrN4O3S. The van der Waals surface area contributed by atoms with Gasteiger partial charge < -0.3 is 4.74 Å². The van der Waals surface area contributed by atoms with Gasteiger partial charge in [-0.3, -0.25) is 14.2 Å². The van der Waals surface area contributed by atoms with Crippen LogP contribution in [0.2, 0.25) is 0 Å². The fourth-order valence-corrected chi connectivity index (χ4v) is 6.05. The van der Waals surface area contributed by atoms with E-state index in [9.17, 15) is 9.59 Å². The SMILES string of the molecule is C[C@@H]1CCc2c(sc3ncn(CC(=O)N/N=C\c4cc(Br)ccc4OCc4ccccc4)c(=O)c23)C1. The molecule has 0 spiro atoms. The van der Waals surface area contributed by atoms with Crippen molar-refractivity contribution in [1.29, 1.82) is 0 Å². The first-order chi connectivity index (χ1) is 17.5. The molecule has 4 aromatic rings. The molecule has 0 aliphatic heterocycles. The van der Waals surface area contributed by atoms with E-state index < -0.39 is 5.91 Å². The molecule has 0 radical (unpaired) electrons. The van der Waals surface area contributed by atoms with Crippen molar-refractivity contribution in [3.8, 4) is 5.75 Å². The standard InChI is InChI=1S/C27H25BrN4O3S/c1-17-7-9-21-23(11-17)36-26-25(21)27(34)32(16-29-26)14-24(33)31-30-13-19-12-20(28)8-10-22(19)35-15-18-5-3-2-4-6-18/h2-6,8,10,12-13,16-17H,7,9,11,14-15H2,1H3,(H,31,33)/b30-13-/t17-/m1/s1. The Kier molecular flexibility index (Phi) is 7.29. The van der Waals surface area contributed by atoms with Crippen LogP contribution in [-0.4, -0.2) is 21.7 Å². The second-order valence-corrected chi connectivity index (χ2v) is 11.0. The van der Waals surface area contributed by atoms with Crippen molar-refractivity contribution in [1.82, 2.24) is 15.0 Å². The lowest BCUT2D eigenvalue weighted by molar-refractivity contribution is -0.121. The number of carbonyl (C=O) groups is 1. The molecule has 36 heavy (non-hydrogen) atoms. The van der Waals surface area contributed by atoms with Gasteiger partial charge in [-0.25, -0.2) is 10.4 Å². The lowest BCUT2D eigenvalue weighted by atomic mass is 9.89. The van der Waals surface area contributed by atoms with Crippen LogP contribution >= 0.6 is 27.3 Å². The summed E-state index contributed by atoms with van der Waals surface area (Å²) in [4.78, 5) is 32.2. The number of nitrogens with one attached hydrogen (secondary N) is 1. The number of rotatable bonds is 7. The minimum absolute atomic E-state index is 0.157. The summed E-state index contributed by atoms with van der Waals surface area (Å²) in [7, 11) is 0. The fraction of sp³-hybridized carbons (Fsp3) is 0.259. The van der Waals surface area contributed by atoms with Gasteiger partial charge in [-0.05, 0) is 54.5 Å². The fourth-order valence-electron chi connectivity index (χ4n) is 4.33. The van der Waals surface area contributed by atoms with E-state index in [2.05, 4.69) is 38.4 Å². The predicted molar refractivity (Wildman–Crippen MR) is 146 cm³/mol. The predicted octanol–water partition coefficient (Wildman–Crippen LogP) is 5.07. The van der Waals surface area contributed by atoms with E-state index in [0.29, 0.717) is 29.2 Å². The van der Waals surface area contributed by atoms with Gasteiger partial charge in [-0.1, -0.05) is 53.2 Å². The Labute approximate surface area is 221 Å². The number of benzene rings is 2. The highest BCUT2D eigenvalue weighted by molar-refractivity contribution is 9.10. The number of carbonyl (C=O) groups excluding carboxylic acids is 1. The van der Waals surface area contributed by atoms with Gasteiger partial charge in [0.05, 0.1) is 17.9 Å². The van der Waals surface area contributed by atoms with E-state index in [0.717, 1.165) is 39.7 Å². The third-order valence-electron chi connectivity index (χ3n) is 6.20. The number of hydrogen-bond acceptors (Lipinski definition) is 6. The van der Waals surface area contributed by atoms with Crippen LogP contribution in [0.15, 0.2) is 69.2 Å². The molecule has 2 aromatic carbocycles. The third-order valence-corrected chi connectivity index (χ3v) is 7.85. The minimum Gasteiger partial charge on any atom is -0.488 e. The number of aromatic nitrogens is 2. The van der Waals surface area contributed by atoms with E-state index >= 15 is 0 Å². The van der Waals surface area contributed by atoms with Gasteiger partial charge in [0.2, 0.25) is 0 Å². The van der Waals surface area contributed by atoms with Gasteiger partial charge in [-0.2, -0.15) is 5.10 Å². The van der Waals surface area contributed by atoms with Gasteiger partial charge >= 0.3 is 0 Å². The summed E-state index contributed by atoms with van der Waals surface area (Å²) in [6, 6.07) is 15.5. The average molecular weight is 565 g/mol. The van der Waals surface area contributed by atoms with Gasteiger partial charge in [0.25, 0.3) is 11.5 Å². The molecule has 1 N–H and O–H groups in total. The van der Waals surface area contributed by atoms with E-state index in [1.807, 2.05) is 48.5 Å². The maximum absolute atomic E-state index is 13.1. The van der Waals surface area contributed by atoms with Crippen molar-refractivity contribution < 1.29 is 9.53 Å². The van der Waals surface area contributed by atoms with Crippen LogP contribution in [0.1, 0.15) is 34.9 Å². The second kappa shape index (κ2) is 10.8. The monoisotopic (exact) mass is 564 g/mol. The maximum Gasteiger partial charge on any atom is 0.262 e. The van der Waals surface area contributed by atoms with Crippen LogP contribution in [0.4, 0.5) is 0 Å². The molecule has 1 atom stereocenters. The smallest absolute Gasteiger partial charge is 0.262 e. The Balaban J connectivity index is 1.27. The summed E-state index contributed by atoms with van der Waals surface area (Å²) in [5.41, 5.74) is 5.21. The van der Waals surface area contributed by atoms with Crippen LogP contribution in [0.5, 0.6) is 5.75 Å². The third kappa shape index (κ3) is 5.42.